The van der Waals surface area contributed by atoms with Crippen LogP contribution in [0.4, 0.5) is 10.1 Å². The Hall–Kier alpha value is -3.16. The van der Waals surface area contributed by atoms with Crippen molar-refractivity contribution in [3.8, 4) is 17.1 Å². The predicted molar refractivity (Wildman–Crippen MR) is 120 cm³/mol. The number of ether oxygens (including phenoxy) is 1. The van der Waals surface area contributed by atoms with Gasteiger partial charge in [0.15, 0.2) is 11.9 Å². The van der Waals surface area contributed by atoms with Crippen molar-refractivity contribution in [2.45, 2.75) is 17.1 Å². The quantitative estimate of drug-likeness (QED) is 0.377. The third-order valence-electron chi connectivity index (χ3n) is 4.84. The lowest BCUT2D eigenvalue weighted by molar-refractivity contribution is 0.225. The van der Waals surface area contributed by atoms with Crippen LogP contribution in [0.5, 0.6) is 5.88 Å². The number of fused-ring (bicyclic) bond motifs is 3. The van der Waals surface area contributed by atoms with E-state index in [1.807, 2.05) is 48.5 Å². The molecular formula is C23H16ClFN4OS. The highest BCUT2D eigenvalue weighted by atomic mass is 35.5. The summed E-state index contributed by atoms with van der Waals surface area (Å²) in [5, 5.41) is 13.0. The van der Waals surface area contributed by atoms with E-state index in [1.54, 1.807) is 18.2 Å². The molecule has 0 aliphatic carbocycles. The first-order valence-corrected chi connectivity index (χ1v) is 10.9. The Bertz CT molecular complexity index is 1260. The summed E-state index contributed by atoms with van der Waals surface area (Å²) in [4.78, 5) is 4.58. The average molecular weight is 451 g/mol. The fourth-order valence-electron chi connectivity index (χ4n) is 3.29. The number of rotatable bonds is 4. The fraction of sp³-hybridized carbons (Fsp3) is 0.0870. The molecule has 0 unspecified atom stereocenters. The van der Waals surface area contributed by atoms with Gasteiger partial charge in [0.1, 0.15) is 5.82 Å². The Morgan fingerprint density at radius 3 is 2.61 bits per heavy atom. The maximum atomic E-state index is 13.9. The summed E-state index contributed by atoms with van der Waals surface area (Å²) >= 11 is 7.72. The first kappa shape index (κ1) is 19.8. The molecule has 5 rings (SSSR count). The second kappa shape index (κ2) is 8.53. The molecule has 8 heteroatoms. The van der Waals surface area contributed by atoms with Gasteiger partial charge in [-0.25, -0.2) is 4.39 Å². The molecule has 154 valence electrons. The van der Waals surface area contributed by atoms with Crippen molar-refractivity contribution in [3.63, 3.8) is 0 Å². The molecule has 0 amide bonds. The van der Waals surface area contributed by atoms with E-state index in [1.165, 1.54) is 17.8 Å². The third-order valence-corrected chi connectivity index (χ3v) is 6.07. The van der Waals surface area contributed by atoms with Gasteiger partial charge in [-0.2, -0.15) is 4.98 Å². The lowest BCUT2D eigenvalue weighted by Gasteiger charge is -2.20. The monoisotopic (exact) mass is 450 g/mol. The van der Waals surface area contributed by atoms with Gasteiger partial charge in [0, 0.05) is 27.6 Å². The molecule has 0 spiro atoms. The van der Waals surface area contributed by atoms with Gasteiger partial charge in [0.2, 0.25) is 11.0 Å². The Kier molecular flexibility index (Phi) is 5.44. The predicted octanol–water partition coefficient (Wildman–Crippen LogP) is 6.13. The van der Waals surface area contributed by atoms with Crippen LogP contribution >= 0.6 is 23.4 Å². The number of nitrogens with zero attached hydrogens (tertiary/aromatic N) is 3. The number of para-hydroxylation sites is 1. The molecule has 5 nitrogen and oxygen atoms in total. The number of aromatic nitrogens is 3. The van der Waals surface area contributed by atoms with E-state index in [9.17, 15) is 4.39 Å². The van der Waals surface area contributed by atoms with Crippen molar-refractivity contribution in [3.05, 3.63) is 94.8 Å². The van der Waals surface area contributed by atoms with Crippen molar-refractivity contribution in [2.24, 2.45) is 0 Å². The number of hydrogen-bond donors (Lipinski definition) is 1. The number of anilines is 1. The zero-order valence-corrected chi connectivity index (χ0v) is 17.7. The summed E-state index contributed by atoms with van der Waals surface area (Å²) in [6.45, 7) is 0. The average Bonchev–Trinajstić information content (AvgIpc) is 2.95. The van der Waals surface area contributed by atoms with E-state index in [-0.39, 0.29) is 5.82 Å². The van der Waals surface area contributed by atoms with Crippen LogP contribution in [-0.2, 0) is 5.75 Å². The normalized spacial score (nSPS) is 14.6. The maximum Gasteiger partial charge on any atom is 0.247 e. The van der Waals surface area contributed by atoms with Gasteiger partial charge >= 0.3 is 0 Å². The highest BCUT2D eigenvalue weighted by Crippen LogP contribution is 2.40. The number of halogens is 2. The lowest BCUT2D eigenvalue weighted by Crippen LogP contribution is -2.17. The molecule has 2 heterocycles. The molecule has 0 saturated heterocycles. The van der Waals surface area contributed by atoms with Crippen LogP contribution < -0.4 is 10.1 Å². The molecule has 1 aliphatic heterocycles. The van der Waals surface area contributed by atoms with Crippen LogP contribution in [0.25, 0.3) is 11.3 Å². The highest BCUT2D eigenvalue weighted by Gasteiger charge is 2.27. The lowest BCUT2D eigenvalue weighted by atomic mass is 10.1. The van der Waals surface area contributed by atoms with Crippen molar-refractivity contribution in [1.82, 2.24) is 15.2 Å². The van der Waals surface area contributed by atoms with Crippen molar-refractivity contribution in [2.75, 3.05) is 5.32 Å². The van der Waals surface area contributed by atoms with Crippen molar-refractivity contribution >= 4 is 29.1 Å². The van der Waals surface area contributed by atoms with Crippen LogP contribution in [0, 0.1) is 5.82 Å². The van der Waals surface area contributed by atoms with Crippen LogP contribution in [0.3, 0.4) is 0 Å². The fourth-order valence-corrected chi connectivity index (χ4v) is 4.29. The van der Waals surface area contributed by atoms with Crippen molar-refractivity contribution < 1.29 is 9.13 Å². The molecule has 0 saturated carbocycles. The number of nitrogens with one attached hydrogen (secondary N) is 1. The van der Waals surface area contributed by atoms with Crippen molar-refractivity contribution in [1.29, 1.82) is 0 Å². The van der Waals surface area contributed by atoms with E-state index in [2.05, 4.69) is 20.5 Å². The Morgan fingerprint density at radius 2 is 1.74 bits per heavy atom. The Labute approximate surface area is 187 Å². The first-order chi connectivity index (χ1) is 15.2. The van der Waals surface area contributed by atoms with Gasteiger partial charge in [0.05, 0.1) is 0 Å². The van der Waals surface area contributed by atoms with Gasteiger partial charge in [-0.15, -0.1) is 10.2 Å². The second-order valence-electron chi connectivity index (χ2n) is 6.84. The molecule has 1 aliphatic rings. The highest BCUT2D eigenvalue weighted by molar-refractivity contribution is 7.98. The molecule has 0 bridgehead atoms. The minimum absolute atomic E-state index is 0.258. The van der Waals surface area contributed by atoms with Gasteiger partial charge in [0.25, 0.3) is 0 Å². The molecule has 1 atom stereocenters. The number of benzene rings is 3. The molecule has 1 aromatic heterocycles. The van der Waals surface area contributed by atoms with Gasteiger partial charge in [-0.05, 0) is 23.8 Å². The van der Waals surface area contributed by atoms with E-state index in [0.29, 0.717) is 33.1 Å². The Morgan fingerprint density at radius 1 is 0.968 bits per heavy atom. The second-order valence-corrected chi connectivity index (χ2v) is 8.19. The molecule has 3 aromatic carbocycles. The minimum atomic E-state index is -0.558. The zero-order chi connectivity index (χ0) is 21.2. The van der Waals surface area contributed by atoms with Crippen LogP contribution in [0.2, 0.25) is 5.02 Å². The first-order valence-electron chi connectivity index (χ1n) is 9.57. The van der Waals surface area contributed by atoms with Crippen LogP contribution in [-0.4, -0.2) is 15.2 Å². The van der Waals surface area contributed by atoms with Gasteiger partial charge in [-0.1, -0.05) is 78.0 Å². The largest absolute Gasteiger partial charge is 0.448 e. The summed E-state index contributed by atoms with van der Waals surface area (Å²) < 4.78 is 20.2. The molecule has 31 heavy (non-hydrogen) atoms. The smallest absolute Gasteiger partial charge is 0.247 e. The Balaban J connectivity index is 1.51. The molecule has 0 fully saturated rings. The summed E-state index contributed by atoms with van der Waals surface area (Å²) in [7, 11) is 0. The van der Waals surface area contributed by atoms with Crippen LogP contribution in [0.1, 0.15) is 17.4 Å². The van der Waals surface area contributed by atoms with E-state index >= 15 is 0 Å². The summed E-state index contributed by atoms with van der Waals surface area (Å²) in [6, 6.07) is 21.8. The van der Waals surface area contributed by atoms with Gasteiger partial charge in [-0.3, -0.25) is 0 Å². The number of thioether (sulfide) groups is 1. The standard InChI is InChI=1S/C23H16ClFN4OS/c24-17-10-4-2-8-15(17)21-26-19-12-6-3-9-16(19)20-22(30-21)27-23(29-28-20)31-13-14-7-1-5-11-18(14)25/h1-12,21,26H,13H2/t21-/m1/s1. The zero-order valence-electron chi connectivity index (χ0n) is 16.1. The van der Waals surface area contributed by atoms with E-state index < -0.39 is 6.23 Å². The van der Waals surface area contributed by atoms with Gasteiger partial charge < -0.3 is 10.1 Å². The summed E-state index contributed by atoms with van der Waals surface area (Å²) in [5.74, 6) is 0.468. The molecule has 4 aromatic rings. The molecule has 0 radical (unpaired) electrons. The minimum Gasteiger partial charge on any atom is -0.448 e. The molecule has 1 N–H and O–H groups in total. The van der Waals surface area contributed by atoms with Crippen LogP contribution in [0.15, 0.2) is 78.0 Å². The molecular weight excluding hydrogens is 435 g/mol. The maximum absolute atomic E-state index is 13.9. The number of hydrogen-bond acceptors (Lipinski definition) is 6. The summed E-state index contributed by atoms with van der Waals surface area (Å²) in [5.41, 5.74) is 3.57. The van der Waals surface area contributed by atoms with E-state index in [0.717, 1.165) is 16.8 Å². The SMILES string of the molecule is Fc1ccccc1CSc1nnc2c(n1)O[C@H](c1ccccc1Cl)Nc1ccccc1-2. The topological polar surface area (TPSA) is 59.9 Å². The van der Waals surface area contributed by atoms with E-state index in [4.69, 9.17) is 16.3 Å². The third kappa shape index (κ3) is 4.06. The summed E-state index contributed by atoms with van der Waals surface area (Å²) in [6.07, 6.45) is -0.558.